The Morgan fingerprint density at radius 2 is 2.41 bits per heavy atom. The first-order chi connectivity index (χ1) is 8.16. The maximum Gasteiger partial charge on any atom is 0.292 e. The molecule has 0 saturated carbocycles. The molecule has 6 heteroatoms. The Kier molecular flexibility index (Phi) is 3.43. The van der Waals surface area contributed by atoms with Crippen molar-refractivity contribution < 1.29 is 4.92 Å². The molecule has 0 aromatic heterocycles. The number of nitrogens with two attached hydrogens (primary N) is 1. The molecule has 17 heavy (non-hydrogen) atoms. The molecular weight excluding hydrogens is 220 g/mol. The average Bonchev–Trinajstić information content (AvgIpc) is 2.78. The van der Waals surface area contributed by atoms with Crippen LogP contribution in [-0.2, 0) is 0 Å². The molecule has 1 aliphatic rings. The molecule has 1 aromatic rings. The van der Waals surface area contributed by atoms with Crippen molar-refractivity contribution >= 4 is 17.1 Å². The lowest BCUT2D eigenvalue weighted by molar-refractivity contribution is -0.383. The number of benzene rings is 1. The summed E-state index contributed by atoms with van der Waals surface area (Å²) >= 11 is 0. The summed E-state index contributed by atoms with van der Waals surface area (Å²) in [5, 5.41) is 17.2. The van der Waals surface area contributed by atoms with Crippen LogP contribution in [0.4, 0.5) is 17.1 Å². The predicted molar refractivity (Wildman–Crippen MR) is 67.0 cm³/mol. The maximum absolute atomic E-state index is 10.6. The molecule has 0 aliphatic carbocycles. The van der Waals surface area contributed by atoms with Crippen LogP contribution in [0.3, 0.4) is 0 Å². The van der Waals surface area contributed by atoms with E-state index in [-0.39, 0.29) is 11.4 Å². The number of nitro groups is 1. The van der Waals surface area contributed by atoms with Crippen molar-refractivity contribution in [3.05, 3.63) is 28.3 Å². The van der Waals surface area contributed by atoms with Crippen molar-refractivity contribution in [3.63, 3.8) is 0 Å². The maximum atomic E-state index is 10.6. The second-order valence-electron chi connectivity index (χ2n) is 4.20. The van der Waals surface area contributed by atoms with Crippen molar-refractivity contribution in [2.24, 2.45) is 0 Å². The normalized spacial score (nSPS) is 19.2. The van der Waals surface area contributed by atoms with Crippen LogP contribution in [0.25, 0.3) is 0 Å². The summed E-state index contributed by atoms with van der Waals surface area (Å²) in [6.07, 6.45) is 2.37. The van der Waals surface area contributed by atoms with Gasteiger partial charge in [-0.25, -0.2) is 0 Å². The largest absolute Gasteiger partial charge is 0.393 e. The number of hydrogen-bond acceptors (Lipinski definition) is 5. The third-order valence-electron chi connectivity index (χ3n) is 2.94. The topological polar surface area (TPSA) is 93.2 Å². The number of nitrogen functional groups attached to an aromatic ring is 1. The van der Waals surface area contributed by atoms with Gasteiger partial charge in [-0.05, 0) is 31.5 Å². The molecule has 0 bridgehead atoms. The van der Waals surface area contributed by atoms with Gasteiger partial charge in [-0.3, -0.25) is 10.1 Å². The Balaban J connectivity index is 1.97. The molecule has 2 rings (SSSR count). The monoisotopic (exact) mass is 236 g/mol. The van der Waals surface area contributed by atoms with Crippen molar-refractivity contribution in [2.75, 3.05) is 24.1 Å². The molecule has 6 nitrogen and oxygen atoms in total. The van der Waals surface area contributed by atoms with Gasteiger partial charge in [0.25, 0.3) is 5.69 Å². The minimum absolute atomic E-state index is 0.0467. The van der Waals surface area contributed by atoms with E-state index in [0.29, 0.717) is 6.04 Å². The molecule has 1 saturated heterocycles. The second-order valence-corrected chi connectivity index (χ2v) is 4.20. The van der Waals surface area contributed by atoms with E-state index < -0.39 is 4.92 Å². The number of anilines is 2. The zero-order valence-electron chi connectivity index (χ0n) is 9.48. The Labute approximate surface area is 99.3 Å². The second kappa shape index (κ2) is 5.01. The SMILES string of the molecule is Nc1cc(NCC2CCCN2)ccc1[N+](=O)[O-]. The van der Waals surface area contributed by atoms with E-state index >= 15 is 0 Å². The standard InChI is InChI=1S/C11H16N4O2/c12-10-6-8(3-4-11(10)15(16)17)14-7-9-2-1-5-13-9/h3-4,6,9,13-14H,1-2,5,7,12H2. The zero-order valence-corrected chi connectivity index (χ0v) is 9.48. The summed E-state index contributed by atoms with van der Waals surface area (Å²) in [5.74, 6) is 0. The Morgan fingerprint density at radius 3 is 3.00 bits per heavy atom. The third kappa shape index (κ3) is 2.85. The summed E-state index contributed by atoms with van der Waals surface area (Å²) in [5.41, 5.74) is 6.58. The molecule has 92 valence electrons. The first kappa shape index (κ1) is 11.7. The van der Waals surface area contributed by atoms with Gasteiger partial charge in [0.1, 0.15) is 5.69 Å². The van der Waals surface area contributed by atoms with Crippen LogP contribution in [0, 0.1) is 10.1 Å². The lowest BCUT2D eigenvalue weighted by atomic mass is 10.2. The first-order valence-corrected chi connectivity index (χ1v) is 5.68. The van der Waals surface area contributed by atoms with Gasteiger partial charge >= 0.3 is 0 Å². The van der Waals surface area contributed by atoms with Crippen LogP contribution >= 0.6 is 0 Å². The summed E-state index contributed by atoms with van der Waals surface area (Å²) in [6, 6.07) is 5.20. The van der Waals surface area contributed by atoms with Gasteiger partial charge in [-0.2, -0.15) is 0 Å². The third-order valence-corrected chi connectivity index (χ3v) is 2.94. The molecule has 1 atom stereocenters. The predicted octanol–water partition coefficient (Wildman–Crippen LogP) is 1.34. The number of nitrogens with zero attached hydrogens (tertiary/aromatic N) is 1. The van der Waals surface area contributed by atoms with Gasteiger partial charge < -0.3 is 16.4 Å². The fourth-order valence-electron chi connectivity index (χ4n) is 2.00. The fourth-order valence-corrected chi connectivity index (χ4v) is 2.00. The lowest BCUT2D eigenvalue weighted by Crippen LogP contribution is -2.29. The van der Waals surface area contributed by atoms with Crippen molar-refractivity contribution in [1.82, 2.24) is 5.32 Å². The van der Waals surface area contributed by atoms with Gasteiger partial charge in [0.15, 0.2) is 0 Å². The summed E-state index contributed by atoms with van der Waals surface area (Å²) < 4.78 is 0. The van der Waals surface area contributed by atoms with E-state index in [0.717, 1.165) is 25.2 Å². The molecule has 1 unspecified atom stereocenters. The van der Waals surface area contributed by atoms with Crippen LogP contribution in [0.15, 0.2) is 18.2 Å². The Bertz CT molecular complexity index is 416. The van der Waals surface area contributed by atoms with Crippen LogP contribution in [0.2, 0.25) is 0 Å². The fraction of sp³-hybridized carbons (Fsp3) is 0.455. The molecular formula is C11H16N4O2. The van der Waals surface area contributed by atoms with Crippen molar-refractivity contribution in [2.45, 2.75) is 18.9 Å². The lowest BCUT2D eigenvalue weighted by Gasteiger charge is -2.12. The summed E-state index contributed by atoms with van der Waals surface area (Å²) in [7, 11) is 0. The number of nitro benzene ring substituents is 1. The van der Waals surface area contributed by atoms with E-state index in [2.05, 4.69) is 10.6 Å². The Morgan fingerprint density at radius 1 is 1.59 bits per heavy atom. The minimum atomic E-state index is -0.475. The summed E-state index contributed by atoms with van der Waals surface area (Å²) in [4.78, 5) is 10.1. The Hall–Kier alpha value is -1.82. The van der Waals surface area contributed by atoms with E-state index in [1.54, 1.807) is 12.1 Å². The van der Waals surface area contributed by atoms with E-state index in [4.69, 9.17) is 5.73 Å². The molecule has 4 N–H and O–H groups in total. The van der Waals surface area contributed by atoms with Gasteiger partial charge in [0, 0.05) is 24.3 Å². The zero-order chi connectivity index (χ0) is 12.3. The van der Waals surface area contributed by atoms with E-state index in [9.17, 15) is 10.1 Å². The van der Waals surface area contributed by atoms with E-state index in [1.807, 2.05) is 0 Å². The number of nitrogens with one attached hydrogen (secondary N) is 2. The van der Waals surface area contributed by atoms with Gasteiger partial charge in [0.2, 0.25) is 0 Å². The first-order valence-electron chi connectivity index (χ1n) is 5.68. The highest BCUT2D eigenvalue weighted by atomic mass is 16.6. The highest BCUT2D eigenvalue weighted by Gasteiger charge is 2.14. The van der Waals surface area contributed by atoms with Gasteiger partial charge in [-0.15, -0.1) is 0 Å². The molecule has 0 amide bonds. The summed E-state index contributed by atoms with van der Waals surface area (Å²) in [6.45, 7) is 1.88. The van der Waals surface area contributed by atoms with Crippen molar-refractivity contribution in [1.29, 1.82) is 0 Å². The molecule has 1 aliphatic heterocycles. The minimum Gasteiger partial charge on any atom is -0.393 e. The van der Waals surface area contributed by atoms with Crippen LogP contribution < -0.4 is 16.4 Å². The quantitative estimate of drug-likeness (QED) is 0.416. The van der Waals surface area contributed by atoms with Crippen molar-refractivity contribution in [3.8, 4) is 0 Å². The van der Waals surface area contributed by atoms with E-state index in [1.165, 1.54) is 12.5 Å². The highest BCUT2D eigenvalue weighted by Crippen LogP contribution is 2.24. The van der Waals surface area contributed by atoms with Crippen LogP contribution in [0.1, 0.15) is 12.8 Å². The molecule has 0 spiro atoms. The van der Waals surface area contributed by atoms with Gasteiger partial charge in [0.05, 0.1) is 4.92 Å². The average molecular weight is 236 g/mol. The molecule has 1 aromatic carbocycles. The molecule has 1 heterocycles. The molecule has 1 fully saturated rings. The number of hydrogen-bond donors (Lipinski definition) is 3. The molecule has 0 radical (unpaired) electrons. The van der Waals surface area contributed by atoms with Gasteiger partial charge in [-0.1, -0.05) is 0 Å². The highest BCUT2D eigenvalue weighted by molar-refractivity contribution is 5.65. The number of rotatable bonds is 4. The van der Waals surface area contributed by atoms with Crippen LogP contribution in [0.5, 0.6) is 0 Å². The van der Waals surface area contributed by atoms with Crippen LogP contribution in [-0.4, -0.2) is 24.1 Å². The smallest absolute Gasteiger partial charge is 0.292 e.